The van der Waals surface area contributed by atoms with Crippen molar-refractivity contribution < 1.29 is 19.4 Å². The minimum Gasteiger partial charge on any atom is -0.481 e. The van der Waals surface area contributed by atoms with Crippen LogP contribution in [0.4, 0.5) is 5.82 Å². The fraction of sp³-hybridized carbons (Fsp3) is 0.462. The van der Waals surface area contributed by atoms with E-state index in [1.807, 2.05) is 0 Å². The van der Waals surface area contributed by atoms with Crippen LogP contribution in [0.15, 0.2) is 18.3 Å². The summed E-state index contributed by atoms with van der Waals surface area (Å²) in [4.78, 5) is 26.4. The van der Waals surface area contributed by atoms with E-state index in [0.717, 1.165) is 0 Å². The van der Waals surface area contributed by atoms with E-state index in [9.17, 15) is 14.7 Å². The van der Waals surface area contributed by atoms with Gasteiger partial charge >= 0.3 is 5.97 Å². The number of ether oxygens (including phenoxy) is 1. The van der Waals surface area contributed by atoms with Crippen LogP contribution in [0.2, 0.25) is 0 Å². The lowest BCUT2D eigenvalue weighted by atomic mass is 9.80. The Balaban J connectivity index is 2.02. The van der Waals surface area contributed by atoms with Crippen LogP contribution in [-0.4, -0.2) is 41.7 Å². The molecule has 1 amide bonds. The fourth-order valence-electron chi connectivity index (χ4n) is 2.13. The van der Waals surface area contributed by atoms with Crippen LogP contribution in [0, 0.1) is 5.41 Å². The van der Waals surface area contributed by atoms with E-state index >= 15 is 0 Å². The van der Waals surface area contributed by atoms with Gasteiger partial charge in [0, 0.05) is 26.0 Å². The van der Waals surface area contributed by atoms with Crippen molar-refractivity contribution in [3.8, 4) is 0 Å². The van der Waals surface area contributed by atoms with Gasteiger partial charge in [0.05, 0.1) is 11.0 Å². The second-order valence-corrected chi connectivity index (χ2v) is 4.85. The lowest BCUT2D eigenvalue weighted by molar-refractivity contribution is -0.153. The topological polar surface area (TPSA) is 115 Å². The minimum absolute atomic E-state index is 0.272. The molecule has 0 atom stereocenters. The lowest BCUT2D eigenvalue weighted by Gasteiger charge is -2.33. The largest absolute Gasteiger partial charge is 0.481 e. The molecule has 2 rings (SSSR count). The summed E-state index contributed by atoms with van der Waals surface area (Å²) >= 11 is 0. The highest BCUT2D eigenvalue weighted by molar-refractivity contribution is 5.92. The van der Waals surface area contributed by atoms with Gasteiger partial charge in [0.1, 0.15) is 5.82 Å². The highest BCUT2D eigenvalue weighted by atomic mass is 16.5. The standard InChI is InChI=1S/C13H17N3O4/c14-11(17)9-1-2-10(15-7-9)16-8-13(12(18)19)3-5-20-6-4-13/h1-2,7H,3-6,8H2,(H2,14,17)(H,15,16)(H,18,19). The first-order chi connectivity index (χ1) is 9.53. The van der Waals surface area contributed by atoms with E-state index < -0.39 is 17.3 Å². The van der Waals surface area contributed by atoms with Gasteiger partial charge in [-0.2, -0.15) is 0 Å². The fourth-order valence-corrected chi connectivity index (χ4v) is 2.13. The molecule has 1 aromatic rings. The molecule has 2 heterocycles. The number of nitrogens with zero attached hydrogens (tertiary/aromatic N) is 1. The minimum atomic E-state index is -0.831. The summed E-state index contributed by atoms with van der Waals surface area (Å²) in [6, 6.07) is 3.16. The van der Waals surface area contributed by atoms with Crippen molar-refractivity contribution in [1.82, 2.24) is 4.98 Å². The van der Waals surface area contributed by atoms with E-state index in [1.165, 1.54) is 6.20 Å². The maximum Gasteiger partial charge on any atom is 0.311 e. The zero-order valence-corrected chi connectivity index (χ0v) is 11.0. The number of carboxylic acid groups (broad SMARTS) is 1. The Morgan fingerprint density at radius 2 is 2.10 bits per heavy atom. The summed E-state index contributed by atoms with van der Waals surface area (Å²) < 4.78 is 5.21. The van der Waals surface area contributed by atoms with E-state index in [0.29, 0.717) is 37.4 Å². The molecular formula is C13H17N3O4. The third-order valence-electron chi connectivity index (χ3n) is 3.56. The normalized spacial score (nSPS) is 17.4. The molecule has 1 aliphatic rings. The Labute approximate surface area is 116 Å². The molecule has 108 valence electrons. The van der Waals surface area contributed by atoms with E-state index in [2.05, 4.69) is 10.3 Å². The van der Waals surface area contributed by atoms with Crippen LogP contribution in [0.1, 0.15) is 23.2 Å². The van der Waals surface area contributed by atoms with E-state index in [-0.39, 0.29) is 6.54 Å². The Morgan fingerprint density at radius 3 is 2.60 bits per heavy atom. The van der Waals surface area contributed by atoms with E-state index in [4.69, 9.17) is 10.5 Å². The molecule has 1 fully saturated rings. The zero-order valence-electron chi connectivity index (χ0n) is 11.0. The quantitative estimate of drug-likeness (QED) is 0.722. The number of aliphatic carboxylic acids is 1. The monoisotopic (exact) mass is 279 g/mol. The summed E-state index contributed by atoms with van der Waals surface area (Å²) in [5.41, 5.74) is 4.61. The first-order valence-electron chi connectivity index (χ1n) is 6.34. The molecule has 0 aliphatic carbocycles. The molecule has 4 N–H and O–H groups in total. The van der Waals surface area contributed by atoms with Gasteiger partial charge < -0.3 is 20.9 Å². The van der Waals surface area contributed by atoms with Gasteiger partial charge in [-0.25, -0.2) is 4.98 Å². The Bertz CT molecular complexity index is 495. The predicted molar refractivity (Wildman–Crippen MR) is 71.4 cm³/mol. The number of nitrogens with two attached hydrogens (primary N) is 1. The highest BCUT2D eigenvalue weighted by Gasteiger charge is 2.40. The van der Waals surface area contributed by atoms with Gasteiger partial charge in [0.2, 0.25) is 5.91 Å². The number of amides is 1. The van der Waals surface area contributed by atoms with Gasteiger partial charge in [0.15, 0.2) is 0 Å². The number of carbonyl (C=O) groups is 2. The summed E-state index contributed by atoms with van der Waals surface area (Å²) in [5.74, 6) is -0.861. The third kappa shape index (κ3) is 3.05. The number of aromatic nitrogens is 1. The summed E-state index contributed by atoms with van der Waals surface area (Å²) in [6.45, 7) is 1.17. The zero-order chi connectivity index (χ0) is 14.6. The molecule has 1 aromatic heterocycles. The first-order valence-corrected chi connectivity index (χ1v) is 6.34. The van der Waals surface area contributed by atoms with Crippen LogP contribution in [0.25, 0.3) is 0 Å². The average molecular weight is 279 g/mol. The van der Waals surface area contributed by atoms with Crippen molar-refractivity contribution >= 4 is 17.7 Å². The number of pyridine rings is 1. The van der Waals surface area contributed by atoms with Crippen LogP contribution in [0.5, 0.6) is 0 Å². The summed E-state index contributed by atoms with van der Waals surface area (Å²) in [7, 11) is 0. The predicted octanol–water partition coefficient (Wildman–Crippen LogP) is 0.474. The van der Waals surface area contributed by atoms with Gasteiger partial charge in [0.25, 0.3) is 0 Å². The Kier molecular flexibility index (Phi) is 4.19. The molecule has 20 heavy (non-hydrogen) atoms. The number of primary amides is 1. The van der Waals surface area contributed by atoms with Gasteiger partial charge in [-0.15, -0.1) is 0 Å². The molecule has 0 spiro atoms. The molecule has 0 saturated carbocycles. The number of carbonyl (C=O) groups excluding carboxylic acids is 1. The van der Waals surface area contributed by atoms with Gasteiger partial charge in [-0.3, -0.25) is 9.59 Å². The van der Waals surface area contributed by atoms with Crippen LogP contribution >= 0.6 is 0 Å². The lowest BCUT2D eigenvalue weighted by Crippen LogP contribution is -2.42. The molecule has 1 aliphatic heterocycles. The Hall–Kier alpha value is -2.15. The van der Waals surface area contributed by atoms with Crippen molar-refractivity contribution in [2.45, 2.75) is 12.8 Å². The van der Waals surface area contributed by atoms with Gasteiger partial charge in [-0.05, 0) is 25.0 Å². The number of hydrogen-bond donors (Lipinski definition) is 3. The van der Waals surface area contributed by atoms with Crippen molar-refractivity contribution in [2.75, 3.05) is 25.1 Å². The maximum absolute atomic E-state index is 11.5. The highest BCUT2D eigenvalue weighted by Crippen LogP contribution is 2.31. The number of anilines is 1. The maximum atomic E-state index is 11.5. The van der Waals surface area contributed by atoms with Crippen LogP contribution < -0.4 is 11.1 Å². The number of hydrogen-bond acceptors (Lipinski definition) is 5. The van der Waals surface area contributed by atoms with Crippen molar-refractivity contribution in [3.63, 3.8) is 0 Å². The summed E-state index contributed by atoms with van der Waals surface area (Å²) in [5, 5.41) is 12.4. The number of carboxylic acids is 1. The smallest absolute Gasteiger partial charge is 0.311 e. The van der Waals surface area contributed by atoms with Crippen molar-refractivity contribution in [3.05, 3.63) is 23.9 Å². The summed E-state index contributed by atoms with van der Waals surface area (Å²) in [6.07, 6.45) is 2.30. The second-order valence-electron chi connectivity index (χ2n) is 4.85. The molecule has 0 unspecified atom stereocenters. The van der Waals surface area contributed by atoms with E-state index in [1.54, 1.807) is 12.1 Å². The Morgan fingerprint density at radius 1 is 1.40 bits per heavy atom. The molecule has 0 radical (unpaired) electrons. The van der Waals surface area contributed by atoms with Crippen molar-refractivity contribution in [2.24, 2.45) is 11.1 Å². The molecule has 0 bridgehead atoms. The average Bonchev–Trinajstić information content (AvgIpc) is 2.46. The first kappa shape index (κ1) is 14.3. The number of nitrogens with one attached hydrogen (secondary N) is 1. The SMILES string of the molecule is NC(=O)c1ccc(NCC2(C(=O)O)CCOCC2)nc1. The molecular weight excluding hydrogens is 262 g/mol. The third-order valence-corrected chi connectivity index (χ3v) is 3.56. The van der Waals surface area contributed by atoms with Crippen molar-refractivity contribution in [1.29, 1.82) is 0 Å². The molecule has 7 nitrogen and oxygen atoms in total. The van der Waals surface area contributed by atoms with Crippen LogP contribution in [-0.2, 0) is 9.53 Å². The van der Waals surface area contributed by atoms with Crippen LogP contribution in [0.3, 0.4) is 0 Å². The number of rotatable bonds is 5. The van der Waals surface area contributed by atoms with Gasteiger partial charge in [-0.1, -0.05) is 0 Å². The molecule has 1 saturated heterocycles. The molecule has 0 aromatic carbocycles. The second kappa shape index (κ2) is 5.87. The molecule has 7 heteroatoms.